The highest BCUT2D eigenvalue weighted by Gasteiger charge is 2.35. The maximum atomic E-state index is 14.1. The summed E-state index contributed by atoms with van der Waals surface area (Å²) < 4.78 is 0. The number of hydrogen-bond donors (Lipinski definition) is 1. The van der Waals surface area contributed by atoms with Crippen molar-refractivity contribution in [3.8, 4) is 11.3 Å². The van der Waals surface area contributed by atoms with Gasteiger partial charge >= 0.3 is 0 Å². The van der Waals surface area contributed by atoms with Crippen LogP contribution < -0.4 is 10.2 Å². The number of amides is 2. The van der Waals surface area contributed by atoms with Crippen LogP contribution in [0.25, 0.3) is 11.3 Å². The summed E-state index contributed by atoms with van der Waals surface area (Å²) in [4.78, 5) is 41.1. The SMILES string of the molecule is CCCN(C(=O)c1cc(-c2ccccc2)nc(N2CCCC2)n1)[C@H](C(=O)NC1CCCCC1)C(C)C. The lowest BCUT2D eigenvalue weighted by atomic mass is 9.94. The normalized spacial score (nSPS) is 17.3. The van der Waals surface area contributed by atoms with Crippen molar-refractivity contribution < 1.29 is 9.59 Å². The van der Waals surface area contributed by atoms with Crippen LogP contribution in [0.5, 0.6) is 0 Å². The molecule has 1 N–H and O–H groups in total. The van der Waals surface area contributed by atoms with Crippen LogP contribution in [0.3, 0.4) is 0 Å². The lowest BCUT2D eigenvalue weighted by molar-refractivity contribution is -0.128. The summed E-state index contributed by atoms with van der Waals surface area (Å²) in [6.45, 7) is 8.37. The van der Waals surface area contributed by atoms with Gasteiger partial charge in [-0.1, -0.05) is 70.4 Å². The molecule has 1 aliphatic carbocycles. The van der Waals surface area contributed by atoms with E-state index in [-0.39, 0.29) is 23.8 Å². The molecule has 7 heteroatoms. The number of rotatable bonds is 9. The Morgan fingerprint density at radius 2 is 1.72 bits per heavy atom. The van der Waals surface area contributed by atoms with E-state index in [9.17, 15) is 9.59 Å². The summed E-state index contributed by atoms with van der Waals surface area (Å²) in [6.07, 6.45) is 8.53. The zero-order valence-corrected chi connectivity index (χ0v) is 22.1. The van der Waals surface area contributed by atoms with E-state index in [4.69, 9.17) is 9.97 Å². The second kappa shape index (κ2) is 12.3. The van der Waals surface area contributed by atoms with Crippen LogP contribution in [0.1, 0.15) is 82.6 Å². The molecular weight excluding hydrogens is 450 g/mol. The van der Waals surface area contributed by atoms with Gasteiger partial charge in [0, 0.05) is 31.2 Å². The highest BCUT2D eigenvalue weighted by atomic mass is 16.2. The van der Waals surface area contributed by atoms with Crippen LogP contribution in [-0.2, 0) is 4.79 Å². The molecule has 194 valence electrons. The van der Waals surface area contributed by atoms with Gasteiger partial charge in [0.05, 0.1) is 5.69 Å². The van der Waals surface area contributed by atoms with Gasteiger partial charge in [-0.2, -0.15) is 0 Å². The molecule has 1 saturated heterocycles. The second-order valence-corrected chi connectivity index (χ2v) is 10.5. The molecular formula is C29H41N5O2. The first-order chi connectivity index (χ1) is 17.5. The Kier molecular flexibility index (Phi) is 8.94. The molecule has 2 amide bonds. The topological polar surface area (TPSA) is 78.4 Å². The van der Waals surface area contributed by atoms with Crippen molar-refractivity contribution in [1.29, 1.82) is 0 Å². The average molecular weight is 492 g/mol. The molecule has 0 spiro atoms. The molecule has 0 unspecified atom stereocenters. The van der Waals surface area contributed by atoms with E-state index in [1.54, 1.807) is 11.0 Å². The predicted octanol–water partition coefficient (Wildman–Crippen LogP) is 5.07. The van der Waals surface area contributed by atoms with Gasteiger partial charge < -0.3 is 15.1 Å². The van der Waals surface area contributed by atoms with Gasteiger partial charge in [0.1, 0.15) is 11.7 Å². The monoisotopic (exact) mass is 491 g/mol. The fourth-order valence-electron chi connectivity index (χ4n) is 5.45. The van der Waals surface area contributed by atoms with Crippen LogP contribution in [0.2, 0.25) is 0 Å². The molecule has 0 radical (unpaired) electrons. The Morgan fingerprint density at radius 1 is 1.03 bits per heavy atom. The maximum absolute atomic E-state index is 14.1. The van der Waals surface area contributed by atoms with Crippen LogP contribution in [0, 0.1) is 5.92 Å². The molecule has 2 fully saturated rings. The Morgan fingerprint density at radius 3 is 2.36 bits per heavy atom. The van der Waals surface area contributed by atoms with Crippen molar-refractivity contribution in [3.05, 3.63) is 42.1 Å². The molecule has 7 nitrogen and oxygen atoms in total. The Bertz CT molecular complexity index is 1010. The number of nitrogens with one attached hydrogen (secondary N) is 1. The van der Waals surface area contributed by atoms with E-state index in [2.05, 4.69) is 10.2 Å². The molecule has 4 rings (SSSR count). The second-order valence-electron chi connectivity index (χ2n) is 10.5. The summed E-state index contributed by atoms with van der Waals surface area (Å²) in [5.74, 6) is 0.337. The van der Waals surface area contributed by atoms with Gasteiger partial charge in [0.15, 0.2) is 0 Å². The largest absolute Gasteiger partial charge is 0.352 e. The summed E-state index contributed by atoms with van der Waals surface area (Å²) in [7, 11) is 0. The Balaban J connectivity index is 1.67. The number of carbonyl (C=O) groups excluding carboxylic acids is 2. The smallest absolute Gasteiger partial charge is 0.273 e. The van der Waals surface area contributed by atoms with Gasteiger partial charge in [-0.05, 0) is 44.1 Å². The van der Waals surface area contributed by atoms with E-state index in [0.717, 1.165) is 69.3 Å². The first-order valence-corrected chi connectivity index (χ1v) is 13.8. The molecule has 1 aromatic carbocycles. The van der Waals surface area contributed by atoms with Crippen LogP contribution in [-0.4, -0.2) is 58.4 Å². The molecule has 2 aromatic rings. The van der Waals surface area contributed by atoms with Gasteiger partial charge in [0.25, 0.3) is 5.91 Å². The highest BCUT2D eigenvalue weighted by Crippen LogP contribution is 2.25. The third-order valence-electron chi connectivity index (χ3n) is 7.30. The maximum Gasteiger partial charge on any atom is 0.273 e. The van der Waals surface area contributed by atoms with Crippen molar-refractivity contribution in [1.82, 2.24) is 20.2 Å². The number of hydrogen-bond acceptors (Lipinski definition) is 5. The number of nitrogens with zero attached hydrogens (tertiary/aromatic N) is 4. The van der Waals surface area contributed by atoms with Crippen molar-refractivity contribution in [2.45, 2.75) is 84.2 Å². The van der Waals surface area contributed by atoms with E-state index < -0.39 is 6.04 Å². The van der Waals surface area contributed by atoms with E-state index in [1.807, 2.05) is 51.1 Å². The minimum Gasteiger partial charge on any atom is -0.352 e. The zero-order valence-electron chi connectivity index (χ0n) is 22.1. The standard InChI is InChI=1S/C29H41N5O2/c1-4-17-34(26(21(2)3)27(35)30-23-15-9-6-10-16-23)28(36)25-20-24(22-13-7-5-8-14-22)31-29(32-25)33-18-11-12-19-33/h5,7-8,13-14,20-21,23,26H,4,6,9-12,15-19H2,1-3H3,(H,30,35)/t26-/m0/s1. The molecule has 1 saturated carbocycles. The summed E-state index contributed by atoms with van der Waals surface area (Å²) >= 11 is 0. The zero-order chi connectivity index (χ0) is 25.5. The fourth-order valence-corrected chi connectivity index (χ4v) is 5.45. The average Bonchev–Trinajstić information content (AvgIpc) is 3.44. The van der Waals surface area contributed by atoms with Crippen molar-refractivity contribution in [2.75, 3.05) is 24.5 Å². The number of anilines is 1. The summed E-state index contributed by atoms with van der Waals surface area (Å²) in [5, 5.41) is 3.27. The first kappa shape index (κ1) is 26.1. The van der Waals surface area contributed by atoms with Gasteiger partial charge in [-0.15, -0.1) is 0 Å². The molecule has 2 aliphatic rings. The fraction of sp³-hybridized carbons (Fsp3) is 0.586. The van der Waals surface area contributed by atoms with Gasteiger partial charge in [0.2, 0.25) is 11.9 Å². The van der Waals surface area contributed by atoms with Crippen LogP contribution in [0.4, 0.5) is 5.95 Å². The van der Waals surface area contributed by atoms with Crippen molar-refractivity contribution in [3.63, 3.8) is 0 Å². The third-order valence-corrected chi connectivity index (χ3v) is 7.30. The van der Waals surface area contributed by atoms with Gasteiger partial charge in [-0.25, -0.2) is 9.97 Å². The van der Waals surface area contributed by atoms with Crippen molar-refractivity contribution in [2.24, 2.45) is 5.92 Å². The minimum absolute atomic E-state index is 0.0161. The highest BCUT2D eigenvalue weighted by molar-refractivity contribution is 5.97. The van der Waals surface area contributed by atoms with Gasteiger partial charge in [-0.3, -0.25) is 9.59 Å². The van der Waals surface area contributed by atoms with Crippen LogP contribution in [0.15, 0.2) is 36.4 Å². The van der Waals surface area contributed by atoms with E-state index in [1.165, 1.54) is 6.42 Å². The predicted molar refractivity (Wildman–Crippen MR) is 144 cm³/mol. The molecule has 2 heterocycles. The third kappa shape index (κ3) is 6.23. The summed E-state index contributed by atoms with van der Waals surface area (Å²) in [6, 6.07) is 11.4. The van der Waals surface area contributed by atoms with Crippen molar-refractivity contribution >= 4 is 17.8 Å². The molecule has 1 atom stereocenters. The number of benzene rings is 1. The van der Waals surface area contributed by atoms with Crippen LogP contribution >= 0.6 is 0 Å². The molecule has 1 aromatic heterocycles. The number of aromatic nitrogens is 2. The molecule has 36 heavy (non-hydrogen) atoms. The quantitative estimate of drug-likeness (QED) is 0.530. The summed E-state index contributed by atoms with van der Waals surface area (Å²) in [5.41, 5.74) is 2.04. The molecule has 1 aliphatic heterocycles. The van der Waals surface area contributed by atoms with E-state index >= 15 is 0 Å². The minimum atomic E-state index is -0.537. The van der Waals surface area contributed by atoms with E-state index in [0.29, 0.717) is 18.2 Å². The Labute approximate surface area is 215 Å². The Hall–Kier alpha value is -2.96. The lowest BCUT2D eigenvalue weighted by Gasteiger charge is -2.35. The molecule has 0 bridgehead atoms. The number of carbonyl (C=O) groups is 2. The first-order valence-electron chi connectivity index (χ1n) is 13.8. The lowest BCUT2D eigenvalue weighted by Crippen LogP contribution is -2.54.